The lowest BCUT2D eigenvalue weighted by atomic mass is 10.0. The van der Waals surface area contributed by atoms with Gasteiger partial charge in [-0.15, -0.1) is 11.3 Å². The van der Waals surface area contributed by atoms with Gasteiger partial charge >= 0.3 is 0 Å². The van der Waals surface area contributed by atoms with Crippen molar-refractivity contribution in [2.75, 3.05) is 11.9 Å². The third-order valence-corrected chi connectivity index (χ3v) is 22.9. The van der Waals surface area contributed by atoms with Gasteiger partial charge in [0.2, 0.25) is 0 Å². The van der Waals surface area contributed by atoms with Crippen LogP contribution in [0.25, 0.3) is 131 Å². The summed E-state index contributed by atoms with van der Waals surface area (Å²) in [6.45, 7) is 24.3. The van der Waals surface area contributed by atoms with Gasteiger partial charge in [0, 0.05) is 112 Å². The first-order valence-electron chi connectivity index (χ1n) is 47.2. The van der Waals surface area contributed by atoms with E-state index in [1.54, 1.807) is 0 Å². The molecule has 0 saturated heterocycles. The lowest BCUT2D eigenvalue weighted by Crippen LogP contribution is -2.08. The molecule has 18 aromatic carbocycles. The van der Waals surface area contributed by atoms with Crippen molar-refractivity contribution in [2.45, 2.75) is 83.1 Å². The maximum absolute atomic E-state index is 5.65. The second kappa shape index (κ2) is 54.7. The Morgan fingerprint density at radius 3 is 0.934 bits per heavy atom. The Hall–Kier alpha value is -16.0. The van der Waals surface area contributed by atoms with Gasteiger partial charge in [-0.2, -0.15) is 0 Å². The number of imidazole rings is 1. The predicted molar refractivity (Wildman–Crippen MR) is 595 cm³/mol. The highest BCUT2D eigenvalue weighted by atomic mass is 32.1. The van der Waals surface area contributed by atoms with Gasteiger partial charge < -0.3 is 18.5 Å². The van der Waals surface area contributed by atoms with Crippen molar-refractivity contribution in [3.63, 3.8) is 0 Å². The van der Waals surface area contributed by atoms with Crippen molar-refractivity contribution in [3.8, 4) is 33.8 Å². The molecule has 0 atom stereocenters. The van der Waals surface area contributed by atoms with E-state index in [0.717, 1.165) is 45.0 Å². The van der Waals surface area contributed by atoms with E-state index in [1.807, 2.05) is 244 Å². The third-order valence-electron chi connectivity index (χ3n) is 21.8. The Labute approximate surface area is 809 Å². The van der Waals surface area contributed by atoms with Crippen LogP contribution in [0.3, 0.4) is 0 Å². The SMILES string of the molecule is CC.CC.CC.CC.CN(c1ccccc1)c1ccccc1.Cc1ccc(-c2ccccc2)cc1.Cc1ccccc1.Cc1ccccc1.Cc1nc2ccccc2n1-c1ccccc1.Cn1c2ccccc2c2ccccc21.c1ccc(-c2ccccn2)cc1.c1ccc(-n2c3ccccc3c3ccccc32)cc1.c1ccc2c(c1)oc1ccccc12.c1ccc2c(c1)sc1ccccc12. The van der Waals surface area contributed by atoms with Gasteiger partial charge in [0.25, 0.3) is 0 Å². The number of furan rings is 1. The lowest BCUT2D eigenvalue weighted by Gasteiger charge is -2.18. The standard InChI is InChI=1S/C18H13N.C14H12N2.C13H11N.C13H13N.C13H12.C12H8O.C12H8S.C11H9N.2C7H8.4C2H6/c1-2-8-14(9-3-1)19-17-12-6-4-10-15(17)16-11-5-7-13-18(16)19;1-11-15-13-9-5-6-10-14(13)16(11)12-7-3-2-4-8-12;1-14-12-8-4-2-6-10(12)11-7-3-5-9-13(11)14;1-14(12-8-4-2-5-9-12)13-10-6-3-7-11-13;1-11-7-9-13(10-8-11)12-5-3-2-4-6-12;2*1-3-7-11-9(5-1)10-6-2-4-8-12(10)13-11;1-2-6-10(7-3-1)11-8-4-5-9-12-11;2*1-7-5-3-2-4-6-7;4*1-2/h1-13H;2-10H,1H3;2-9H,1H3;2-11H,1H3;2-10H,1H3;2*1-8H;1-9H;2*2-6H,1H3;4*1-2H3. The molecular formula is C128H126N6OS. The van der Waals surface area contributed by atoms with Gasteiger partial charge in [0.05, 0.1) is 27.8 Å². The highest BCUT2D eigenvalue weighted by Crippen LogP contribution is 2.36. The van der Waals surface area contributed by atoms with Crippen LogP contribution in [0.15, 0.2) is 514 Å². The van der Waals surface area contributed by atoms with Crippen molar-refractivity contribution >= 4 is 119 Å². The van der Waals surface area contributed by atoms with E-state index >= 15 is 0 Å². The zero-order chi connectivity index (χ0) is 95.9. The van der Waals surface area contributed by atoms with E-state index in [2.05, 4.69) is 403 Å². The highest BCUT2D eigenvalue weighted by molar-refractivity contribution is 7.25. The molecule has 0 radical (unpaired) electrons. The molecule has 24 rings (SSSR count). The molecule has 0 aliphatic heterocycles. The lowest BCUT2D eigenvalue weighted by molar-refractivity contribution is 0.669. The summed E-state index contributed by atoms with van der Waals surface area (Å²) in [4.78, 5) is 11.0. The van der Waals surface area contributed by atoms with Crippen molar-refractivity contribution in [3.05, 3.63) is 532 Å². The second-order valence-corrected chi connectivity index (χ2v) is 31.7. The summed E-state index contributed by atoms with van der Waals surface area (Å²) < 4.78 is 15.2. The molecule has 0 amide bonds. The highest BCUT2D eigenvalue weighted by Gasteiger charge is 2.13. The summed E-state index contributed by atoms with van der Waals surface area (Å²) in [5, 5.41) is 10.4. The van der Waals surface area contributed by atoms with E-state index in [4.69, 9.17) is 4.42 Å². The van der Waals surface area contributed by atoms with Crippen LogP contribution < -0.4 is 4.90 Å². The summed E-state index contributed by atoms with van der Waals surface area (Å²) in [7, 11) is 4.19. The number of aromatic nitrogens is 5. The summed E-state index contributed by atoms with van der Waals surface area (Å²) in [5.74, 6) is 1.02. The molecule has 6 aromatic heterocycles. The molecule has 8 heteroatoms. The van der Waals surface area contributed by atoms with Crippen molar-refractivity contribution in [1.82, 2.24) is 23.7 Å². The number of anilines is 2. The fraction of sp³-hybridized carbons (Fsp3) is 0.109. The van der Waals surface area contributed by atoms with Crippen LogP contribution in [0, 0.1) is 27.7 Å². The number of para-hydroxylation sites is 12. The molecule has 0 aliphatic rings. The maximum atomic E-state index is 5.65. The number of nitrogens with zero attached hydrogens (tertiary/aromatic N) is 6. The van der Waals surface area contributed by atoms with Crippen molar-refractivity contribution in [2.24, 2.45) is 7.05 Å². The van der Waals surface area contributed by atoms with Crippen LogP contribution in [-0.2, 0) is 7.05 Å². The zero-order valence-corrected chi connectivity index (χ0v) is 81.8. The van der Waals surface area contributed by atoms with Crippen molar-refractivity contribution < 1.29 is 4.42 Å². The molecule has 0 bridgehead atoms. The molecule has 136 heavy (non-hydrogen) atoms. The van der Waals surface area contributed by atoms with Crippen LogP contribution in [0.1, 0.15) is 77.9 Å². The Kier molecular flexibility index (Phi) is 40.5. The molecule has 0 unspecified atom stereocenters. The van der Waals surface area contributed by atoms with Crippen LogP contribution in [0.2, 0.25) is 0 Å². The van der Waals surface area contributed by atoms with E-state index < -0.39 is 0 Å². The number of rotatable bonds is 6. The fourth-order valence-electron chi connectivity index (χ4n) is 15.3. The normalized spacial score (nSPS) is 9.99. The predicted octanol–water partition coefficient (Wildman–Crippen LogP) is 37.0. The molecule has 6 heterocycles. The smallest absolute Gasteiger partial charge is 0.135 e. The van der Waals surface area contributed by atoms with Gasteiger partial charge in [-0.1, -0.05) is 454 Å². The summed E-state index contributed by atoms with van der Waals surface area (Å²) in [6, 6.07) is 173. The number of thiophene rings is 1. The van der Waals surface area contributed by atoms with Gasteiger partial charge in [0.15, 0.2) is 0 Å². The Morgan fingerprint density at radius 2 is 0.537 bits per heavy atom. The van der Waals surface area contributed by atoms with Crippen LogP contribution in [0.4, 0.5) is 11.4 Å². The Balaban J connectivity index is 0.000000145. The van der Waals surface area contributed by atoms with Crippen LogP contribution in [-0.4, -0.2) is 30.7 Å². The number of hydrogen-bond acceptors (Lipinski definition) is 5. The molecule has 7 nitrogen and oxygen atoms in total. The van der Waals surface area contributed by atoms with Crippen LogP contribution >= 0.6 is 11.3 Å². The first kappa shape index (κ1) is 101. The average molecular weight is 1800 g/mol. The Morgan fingerprint density at radius 1 is 0.243 bits per heavy atom. The summed E-state index contributed by atoms with van der Waals surface area (Å²) >= 11 is 1.86. The average Bonchev–Trinajstić information content (AvgIpc) is 1.74. The minimum Gasteiger partial charge on any atom is -0.456 e. The molecule has 0 aliphatic carbocycles. The maximum Gasteiger partial charge on any atom is 0.135 e. The second-order valence-electron chi connectivity index (χ2n) is 30.7. The van der Waals surface area contributed by atoms with E-state index in [1.165, 1.54) is 119 Å². The number of benzene rings is 18. The summed E-state index contributed by atoms with van der Waals surface area (Å²) in [6.07, 6.45) is 1.81. The van der Waals surface area contributed by atoms with Gasteiger partial charge in [-0.25, -0.2) is 4.98 Å². The number of fused-ring (bicyclic) bond motifs is 13. The minimum atomic E-state index is 0.962. The van der Waals surface area contributed by atoms with Crippen molar-refractivity contribution in [1.29, 1.82) is 0 Å². The third kappa shape index (κ3) is 27.8. The number of hydrogen-bond donors (Lipinski definition) is 0. The Bertz CT molecular complexity index is 7040. The topological polar surface area (TPSA) is 57.0 Å². The fourth-order valence-corrected chi connectivity index (χ4v) is 16.4. The van der Waals surface area contributed by atoms with E-state index in [-0.39, 0.29) is 0 Å². The van der Waals surface area contributed by atoms with E-state index in [0.29, 0.717) is 0 Å². The minimum absolute atomic E-state index is 0.962. The number of aryl methyl sites for hydroxylation is 5. The molecular weight excluding hydrogens is 1670 g/mol. The first-order valence-corrected chi connectivity index (χ1v) is 48.0. The molecule has 0 N–H and O–H groups in total. The molecule has 680 valence electrons. The quantitative estimate of drug-likeness (QED) is 0.166. The molecule has 0 fully saturated rings. The first-order chi connectivity index (χ1) is 67.1. The monoisotopic (exact) mass is 1790 g/mol. The van der Waals surface area contributed by atoms with Gasteiger partial charge in [-0.05, 0) is 160 Å². The molecule has 0 saturated carbocycles. The van der Waals surface area contributed by atoms with Crippen LogP contribution in [0.5, 0.6) is 0 Å². The zero-order valence-electron chi connectivity index (χ0n) is 81.0. The van der Waals surface area contributed by atoms with Gasteiger partial charge in [-0.3, -0.25) is 9.55 Å². The number of pyridine rings is 1. The largest absolute Gasteiger partial charge is 0.456 e. The molecule has 24 aromatic rings. The summed E-state index contributed by atoms with van der Waals surface area (Å²) in [5.41, 5.74) is 22.7. The molecule has 0 spiro atoms. The van der Waals surface area contributed by atoms with E-state index in [9.17, 15) is 0 Å². The van der Waals surface area contributed by atoms with Gasteiger partial charge in [0.1, 0.15) is 17.0 Å².